The van der Waals surface area contributed by atoms with E-state index in [0.29, 0.717) is 17.6 Å². The van der Waals surface area contributed by atoms with E-state index in [1.165, 1.54) is 6.42 Å². The molecule has 0 spiro atoms. The third kappa shape index (κ3) is 1.87. The molecule has 20 heavy (non-hydrogen) atoms. The van der Waals surface area contributed by atoms with E-state index < -0.39 is 0 Å². The van der Waals surface area contributed by atoms with E-state index >= 15 is 0 Å². The third-order valence-corrected chi connectivity index (χ3v) is 5.34. The molecule has 2 atom stereocenters. The van der Waals surface area contributed by atoms with E-state index in [0.717, 1.165) is 37.8 Å². The lowest BCUT2D eigenvalue weighted by Gasteiger charge is -2.60. The summed E-state index contributed by atoms with van der Waals surface area (Å²) >= 11 is 0. The molecule has 0 aliphatic heterocycles. The van der Waals surface area contributed by atoms with Crippen molar-refractivity contribution in [1.29, 1.82) is 0 Å². The minimum Gasteiger partial charge on any atom is -0.351 e. The number of carbonyl (C=O) groups is 1. The number of carbonyl (C=O) groups excluding carboxylic acids is 1. The summed E-state index contributed by atoms with van der Waals surface area (Å²) in [7, 11) is 0. The molecule has 108 valence electrons. The van der Waals surface area contributed by atoms with Gasteiger partial charge in [-0.25, -0.2) is 0 Å². The van der Waals surface area contributed by atoms with E-state index in [9.17, 15) is 4.79 Å². The molecule has 0 saturated heterocycles. The highest BCUT2D eigenvalue weighted by Gasteiger charge is 2.56. The van der Waals surface area contributed by atoms with Crippen LogP contribution in [0.1, 0.15) is 54.8 Å². The van der Waals surface area contributed by atoms with E-state index in [1.54, 1.807) is 6.07 Å². The second-order valence-corrected chi connectivity index (χ2v) is 7.39. The summed E-state index contributed by atoms with van der Waals surface area (Å²) in [4.78, 5) is 12.4. The average Bonchev–Trinajstić information content (AvgIpc) is 2.71. The Bertz CT molecular complexity index is 551. The molecule has 4 fully saturated rings. The van der Waals surface area contributed by atoms with Crippen molar-refractivity contribution in [2.75, 3.05) is 0 Å². The molecular formula is C15H21N3O2. The van der Waals surface area contributed by atoms with Crippen LogP contribution in [0.3, 0.4) is 0 Å². The molecule has 1 aromatic rings. The fourth-order valence-electron chi connectivity index (χ4n) is 5.25. The first-order chi connectivity index (χ1) is 9.45. The zero-order chi connectivity index (χ0) is 14.0. The van der Waals surface area contributed by atoms with Gasteiger partial charge in [0.2, 0.25) is 5.76 Å². The Hall–Kier alpha value is -1.36. The summed E-state index contributed by atoms with van der Waals surface area (Å²) in [5.41, 5.74) is 7.09. The number of hydrogen-bond acceptors (Lipinski definition) is 4. The van der Waals surface area contributed by atoms with Gasteiger partial charge in [-0.3, -0.25) is 4.79 Å². The molecule has 4 bridgehead atoms. The van der Waals surface area contributed by atoms with Crippen LogP contribution in [-0.2, 0) is 0 Å². The predicted octanol–water partition coefficient (Wildman–Crippen LogP) is 1.76. The van der Waals surface area contributed by atoms with E-state index in [4.69, 9.17) is 10.3 Å². The van der Waals surface area contributed by atoms with Crippen LogP contribution in [-0.4, -0.2) is 22.1 Å². The van der Waals surface area contributed by atoms with Crippen molar-refractivity contribution in [3.05, 3.63) is 17.5 Å². The summed E-state index contributed by atoms with van der Waals surface area (Å²) in [6.45, 7) is 1.82. The van der Waals surface area contributed by atoms with Gasteiger partial charge in [0.15, 0.2) is 0 Å². The lowest BCUT2D eigenvalue weighted by atomic mass is 9.50. The van der Waals surface area contributed by atoms with Gasteiger partial charge < -0.3 is 15.6 Å². The van der Waals surface area contributed by atoms with Gasteiger partial charge in [0.05, 0.1) is 5.69 Å². The van der Waals surface area contributed by atoms with Crippen LogP contribution >= 0.6 is 0 Å². The van der Waals surface area contributed by atoms with Gasteiger partial charge in [0.25, 0.3) is 5.91 Å². The summed E-state index contributed by atoms with van der Waals surface area (Å²) in [5, 5.41) is 7.01. The molecule has 0 aromatic carbocycles. The largest absolute Gasteiger partial charge is 0.351 e. The van der Waals surface area contributed by atoms with Gasteiger partial charge in [-0.1, -0.05) is 5.16 Å². The van der Waals surface area contributed by atoms with Crippen LogP contribution in [0.5, 0.6) is 0 Å². The van der Waals surface area contributed by atoms with Crippen molar-refractivity contribution < 1.29 is 9.32 Å². The number of nitrogens with one attached hydrogen (secondary N) is 1. The topological polar surface area (TPSA) is 81.2 Å². The number of nitrogens with zero attached hydrogens (tertiary/aromatic N) is 1. The fraction of sp³-hybridized carbons (Fsp3) is 0.733. The highest BCUT2D eigenvalue weighted by Crippen LogP contribution is 2.56. The Labute approximate surface area is 118 Å². The number of hydrogen-bond donors (Lipinski definition) is 2. The lowest BCUT2D eigenvalue weighted by molar-refractivity contribution is -0.0325. The van der Waals surface area contributed by atoms with Crippen LogP contribution in [0, 0.1) is 18.8 Å². The molecule has 3 N–H and O–H groups in total. The Balaban J connectivity index is 1.57. The van der Waals surface area contributed by atoms with E-state index in [-0.39, 0.29) is 17.0 Å². The van der Waals surface area contributed by atoms with Gasteiger partial charge in [0.1, 0.15) is 0 Å². The highest BCUT2D eigenvalue weighted by molar-refractivity contribution is 5.92. The van der Waals surface area contributed by atoms with Crippen molar-refractivity contribution in [2.45, 2.75) is 56.5 Å². The lowest BCUT2D eigenvalue weighted by Crippen LogP contribution is -2.68. The van der Waals surface area contributed by atoms with Crippen molar-refractivity contribution in [3.63, 3.8) is 0 Å². The molecule has 2 unspecified atom stereocenters. The van der Waals surface area contributed by atoms with Gasteiger partial charge in [-0.15, -0.1) is 0 Å². The van der Waals surface area contributed by atoms with Gasteiger partial charge >= 0.3 is 0 Å². The maximum Gasteiger partial charge on any atom is 0.290 e. The second-order valence-electron chi connectivity index (χ2n) is 7.39. The highest BCUT2D eigenvalue weighted by atomic mass is 16.5. The zero-order valence-electron chi connectivity index (χ0n) is 11.8. The summed E-state index contributed by atoms with van der Waals surface area (Å²) < 4.78 is 5.07. The van der Waals surface area contributed by atoms with Crippen LogP contribution in [0.15, 0.2) is 10.6 Å². The minimum atomic E-state index is -0.142. The molecular weight excluding hydrogens is 254 g/mol. The molecule has 4 saturated carbocycles. The maximum atomic E-state index is 12.4. The minimum absolute atomic E-state index is 0.0608. The quantitative estimate of drug-likeness (QED) is 0.861. The van der Waals surface area contributed by atoms with Crippen LogP contribution in [0.2, 0.25) is 0 Å². The predicted molar refractivity (Wildman–Crippen MR) is 73.0 cm³/mol. The van der Waals surface area contributed by atoms with Crippen LogP contribution < -0.4 is 11.1 Å². The summed E-state index contributed by atoms with van der Waals surface area (Å²) in [5.74, 6) is 1.52. The summed E-state index contributed by atoms with van der Waals surface area (Å²) in [6, 6.07) is 1.69. The maximum absolute atomic E-state index is 12.4. The average molecular weight is 275 g/mol. The first kappa shape index (κ1) is 12.4. The first-order valence-corrected chi connectivity index (χ1v) is 7.50. The van der Waals surface area contributed by atoms with E-state index in [2.05, 4.69) is 10.5 Å². The monoisotopic (exact) mass is 275 g/mol. The molecule has 1 heterocycles. The Morgan fingerprint density at radius 2 is 2.10 bits per heavy atom. The Morgan fingerprint density at radius 1 is 1.40 bits per heavy atom. The van der Waals surface area contributed by atoms with Gasteiger partial charge in [0, 0.05) is 17.1 Å². The van der Waals surface area contributed by atoms with Crippen LogP contribution in [0.4, 0.5) is 0 Å². The Morgan fingerprint density at radius 3 is 2.65 bits per heavy atom. The smallest absolute Gasteiger partial charge is 0.290 e. The zero-order valence-corrected chi connectivity index (χ0v) is 11.8. The normalized spacial score (nSPS) is 41.9. The molecule has 4 aliphatic carbocycles. The molecule has 5 heteroatoms. The fourth-order valence-corrected chi connectivity index (χ4v) is 5.25. The number of aromatic nitrogens is 1. The molecule has 4 aliphatic rings. The number of amides is 1. The Kier molecular flexibility index (Phi) is 2.38. The molecule has 0 radical (unpaired) electrons. The van der Waals surface area contributed by atoms with Crippen LogP contribution in [0.25, 0.3) is 0 Å². The standard InChI is InChI=1S/C15H21N3O2/c1-9-2-12(20-18-9)13(19)17-15-6-10-3-11(7-15)5-14(16,4-10)8-15/h2,10-11H,3-8,16H2,1H3,(H,17,19). The second kappa shape index (κ2) is 3.85. The number of aryl methyl sites for hydroxylation is 1. The SMILES string of the molecule is Cc1cc(C(=O)NC23CC4CC(CC(N)(C4)C2)C3)on1. The molecule has 1 amide bonds. The van der Waals surface area contributed by atoms with Crippen molar-refractivity contribution in [3.8, 4) is 0 Å². The molecule has 5 nitrogen and oxygen atoms in total. The third-order valence-electron chi connectivity index (χ3n) is 5.34. The van der Waals surface area contributed by atoms with E-state index in [1.807, 2.05) is 6.92 Å². The first-order valence-electron chi connectivity index (χ1n) is 7.50. The summed E-state index contributed by atoms with van der Waals surface area (Å²) in [6.07, 6.45) is 6.59. The van der Waals surface area contributed by atoms with Crippen molar-refractivity contribution in [2.24, 2.45) is 17.6 Å². The van der Waals surface area contributed by atoms with Crippen molar-refractivity contribution in [1.82, 2.24) is 10.5 Å². The van der Waals surface area contributed by atoms with Gasteiger partial charge in [-0.05, 0) is 57.3 Å². The molecule has 5 rings (SSSR count). The number of nitrogens with two attached hydrogens (primary N) is 1. The van der Waals surface area contributed by atoms with Gasteiger partial charge in [-0.2, -0.15) is 0 Å². The number of rotatable bonds is 2. The molecule has 1 aromatic heterocycles. The van der Waals surface area contributed by atoms with Crippen molar-refractivity contribution >= 4 is 5.91 Å².